The molecule has 2 aromatic heterocycles. The Bertz CT molecular complexity index is 1670. The van der Waals surface area contributed by atoms with Crippen molar-refractivity contribution in [1.82, 2.24) is 34.7 Å². The number of H-pyrrole nitrogens is 1. The molecule has 2 aliphatic heterocycles. The quantitative estimate of drug-likeness (QED) is 0.291. The molecule has 44 heavy (non-hydrogen) atoms. The maximum absolute atomic E-state index is 13.9. The van der Waals surface area contributed by atoms with Gasteiger partial charge in [-0.05, 0) is 52.2 Å². The van der Waals surface area contributed by atoms with Crippen LogP contribution in [-0.4, -0.2) is 109 Å². The minimum Gasteiger partial charge on any atom is -0.465 e. The van der Waals surface area contributed by atoms with Crippen LogP contribution in [0.1, 0.15) is 46.7 Å². The molecule has 0 aliphatic carbocycles. The van der Waals surface area contributed by atoms with Crippen molar-refractivity contribution in [2.24, 2.45) is 0 Å². The van der Waals surface area contributed by atoms with Crippen LogP contribution in [0.3, 0.4) is 0 Å². The number of nitrogens with one attached hydrogen (secondary N) is 3. The number of ether oxygens (including phenoxy) is 1. The van der Waals surface area contributed by atoms with Crippen molar-refractivity contribution < 1.29 is 27.5 Å². The maximum Gasteiger partial charge on any atom is 0.325 e. The fraction of sp³-hybridized carbons (Fsp3) is 0.500. The Morgan fingerprint density at radius 3 is 2.73 bits per heavy atom. The molecule has 1 aromatic carbocycles. The number of sulfonamides is 1. The molecule has 4 heterocycles. The number of benzene rings is 1. The first-order chi connectivity index (χ1) is 20.9. The molecule has 0 saturated carbocycles. The largest absolute Gasteiger partial charge is 0.465 e. The molecule has 0 radical (unpaired) electrons. The van der Waals surface area contributed by atoms with Crippen LogP contribution in [0.5, 0.6) is 0 Å². The first-order valence-corrected chi connectivity index (χ1v) is 16.9. The second kappa shape index (κ2) is 13.1. The third kappa shape index (κ3) is 6.62. The van der Waals surface area contributed by atoms with Gasteiger partial charge >= 0.3 is 5.97 Å². The summed E-state index contributed by atoms with van der Waals surface area (Å²) < 4.78 is 33.6. The highest BCUT2D eigenvalue weighted by Gasteiger charge is 2.40. The summed E-state index contributed by atoms with van der Waals surface area (Å²) in [5.74, 6) is -1.47. The smallest absolute Gasteiger partial charge is 0.325 e. The number of fused-ring (bicyclic) bond motifs is 2. The second-order valence-corrected chi connectivity index (χ2v) is 14.5. The molecule has 3 N–H and O–H groups in total. The van der Waals surface area contributed by atoms with Crippen LogP contribution in [0.2, 0.25) is 5.02 Å². The Morgan fingerprint density at radius 2 is 2.00 bits per heavy atom. The zero-order chi connectivity index (χ0) is 31.8. The van der Waals surface area contributed by atoms with Gasteiger partial charge in [0.25, 0.3) is 15.9 Å². The van der Waals surface area contributed by atoms with Crippen molar-refractivity contribution in [3.05, 3.63) is 44.9 Å². The van der Waals surface area contributed by atoms with Gasteiger partial charge in [-0.15, -0.1) is 11.3 Å². The van der Waals surface area contributed by atoms with E-state index in [4.69, 9.17) is 21.3 Å². The van der Waals surface area contributed by atoms with Gasteiger partial charge in [0.1, 0.15) is 11.6 Å². The fourth-order valence-electron chi connectivity index (χ4n) is 5.74. The van der Waals surface area contributed by atoms with Crippen molar-refractivity contribution >= 4 is 61.6 Å². The van der Waals surface area contributed by atoms with Gasteiger partial charge in [0.15, 0.2) is 5.01 Å². The molecule has 2 amide bonds. The van der Waals surface area contributed by atoms with Crippen LogP contribution in [-0.2, 0) is 30.9 Å². The van der Waals surface area contributed by atoms with Crippen molar-refractivity contribution in [3.8, 4) is 0 Å². The average Bonchev–Trinajstić information content (AvgIpc) is 3.60. The van der Waals surface area contributed by atoms with E-state index in [9.17, 15) is 22.8 Å². The molecular formula is C28H36ClN7O6S2. The normalized spacial score (nSPS) is 21.0. The molecule has 3 atom stereocenters. The van der Waals surface area contributed by atoms with Crippen LogP contribution in [0, 0.1) is 0 Å². The summed E-state index contributed by atoms with van der Waals surface area (Å²) in [6.45, 7) is 4.12. The van der Waals surface area contributed by atoms with E-state index in [0.29, 0.717) is 27.5 Å². The lowest BCUT2D eigenvalue weighted by molar-refractivity contribution is -0.143. The standard InChI is InChI=1S/C28H36ClN7O6S2/c1-5-42-24(38)14-31-22(37)12-19-15-35(44(40,41)23-11-17-10-18(29)6-7-20(17)32-23)8-9-36(19)28(39)27-33-25-21(43-27)13-30-16(2)26(25)34(3)4/h6-7,10-11,16,19,26,30,32H,5,8-9,12-15H2,1-4H3,(H,31,37). The summed E-state index contributed by atoms with van der Waals surface area (Å²) in [7, 11) is -0.0865. The maximum atomic E-state index is 13.9. The average molecular weight is 666 g/mol. The van der Waals surface area contributed by atoms with Gasteiger partial charge in [-0.3, -0.25) is 19.3 Å². The zero-order valence-electron chi connectivity index (χ0n) is 24.9. The predicted molar refractivity (Wildman–Crippen MR) is 166 cm³/mol. The van der Waals surface area contributed by atoms with E-state index in [1.165, 1.54) is 26.6 Å². The Kier molecular flexibility index (Phi) is 9.63. The third-order valence-electron chi connectivity index (χ3n) is 7.84. The molecule has 3 unspecified atom stereocenters. The molecule has 2 aliphatic rings. The lowest BCUT2D eigenvalue weighted by Crippen LogP contribution is -2.57. The minimum absolute atomic E-state index is 0.0102. The number of amides is 2. The first kappa shape index (κ1) is 32.3. The molecule has 238 valence electrons. The summed E-state index contributed by atoms with van der Waals surface area (Å²) in [6, 6.07) is 5.86. The van der Waals surface area contributed by atoms with Crippen molar-refractivity contribution in [3.63, 3.8) is 0 Å². The lowest BCUT2D eigenvalue weighted by atomic mass is 10.0. The summed E-state index contributed by atoms with van der Waals surface area (Å²) in [5, 5.41) is 7.37. The number of piperazine rings is 1. The second-order valence-electron chi connectivity index (χ2n) is 11.1. The SMILES string of the molecule is CCOC(=O)CNC(=O)CC1CN(S(=O)(=O)c2cc3cc(Cl)ccc3[nH]2)CCN1C(=O)c1nc2c(s1)CNC(C)C2N(C)C. The van der Waals surface area contributed by atoms with Crippen molar-refractivity contribution in [2.75, 3.05) is 46.9 Å². The molecule has 16 heteroatoms. The summed E-state index contributed by atoms with van der Waals surface area (Å²) >= 11 is 7.40. The van der Waals surface area contributed by atoms with E-state index in [1.54, 1.807) is 25.1 Å². The van der Waals surface area contributed by atoms with E-state index < -0.39 is 27.9 Å². The Labute approximate surface area is 264 Å². The molecule has 3 aromatic rings. The molecule has 1 saturated heterocycles. The highest BCUT2D eigenvalue weighted by atomic mass is 35.5. The molecular weight excluding hydrogens is 630 g/mol. The Balaban J connectivity index is 1.40. The van der Waals surface area contributed by atoms with E-state index >= 15 is 0 Å². The van der Waals surface area contributed by atoms with Gasteiger partial charge < -0.3 is 25.3 Å². The summed E-state index contributed by atoms with van der Waals surface area (Å²) in [5.41, 5.74) is 1.46. The highest BCUT2D eigenvalue weighted by molar-refractivity contribution is 7.89. The summed E-state index contributed by atoms with van der Waals surface area (Å²) in [4.78, 5) is 50.9. The molecule has 13 nitrogen and oxygen atoms in total. The van der Waals surface area contributed by atoms with Crippen LogP contribution < -0.4 is 10.6 Å². The lowest BCUT2D eigenvalue weighted by Gasteiger charge is -2.40. The monoisotopic (exact) mass is 665 g/mol. The Morgan fingerprint density at radius 1 is 1.23 bits per heavy atom. The zero-order valence-corrected chi connectivity index (χ0v) is 27.3. The van der Waals surface area contributed by atoms with Crippen LogP contribution in [0.4, 0.5) is 0 Å². The van der Waals surface area contributed by atoms with Crippen LogP contribution >= 0.6 is 22.9 Å². The number of thiazole rings is 1. The van der Waals surface area contributed by atoms with E-state index in [0.717, 1.165) is 10.6 Å². The van der Waals surface area contributed by atoms with E-state index in [1.807, 2.05) is 14.1 Å². The van der Waals surface area contributed by atoms with E-state index in [-0.39, 0.29) is 62.2 Å². The fourth-order valence-corrected chi connectivity index (χ4v) is 8.41. The Hall–Kier alpha value is -3.08. The number of aromatic amines is 1. The molecule has 0 bridgehead atoms. The van der Waals surface area contributed by atoms with Gasteiger partial charge in [0, 0.05) is 59.4 Å². The number of esters is 1. The third-order valence-corrected chi connectivity index (χ3v) is 10.9. The number of hydrogen-bond donors (Lipinski definition) is 3. The van der Waals surface area contributed by atoms with Gasteiger partial charge in [0.05, 0.1) is 24.4 Å². The molecule has 5 rings (SSSR count). The number of aromatic nitrogens is 2. The van der Waals surface area contributed by atoms with Gasteiger partial charge in [-0.25, -0.2) is 13.4 Å². The topological polar surface area (TPSA) is 157 Å². The van der Waals surface area contributed by atoms with Gasteiger partial charge in [0.2, 0.25) is 5.91 Å². The number of rotatable bonds is 9. The van der Waals surface area contributed by atoms with Crippen molar-refractivity contribution in [1.29, 1.82) is 0 Å². The van der Waals surface area contributed by atoms with Crippen LogP contribution in [0.25, 0.3) is 10.9 Å². The number of carbonyl (C=O) groups excluding carboxylic acids is 3. The first-order valence-electron chi connectivity index (χ1n) is 14.3. The van der Waals surface area contributed by atoms with Crippen LogP contribution in [0.15, 0.2) is 29.3 Å². The number of likely N-dealkylation sites (N-methyl/N-ethyl adjacent to an activating group) is 1. The van der Waals surface area contributed by atoms with E-state index in [2.05, 4.69) is 27.4 Å². The minimum atomic E-state index is -4.01. The number of halogens is 1. The summed E-state index contributed by atoms with van der Waals surface area (Å²) in [6.07, 6.45) is -0.219. The number of carbonyl (C=O) groups is 3. The highest BCUT2D eigenvalue weighted by Crippen LogP contribution is 2.34. The molecule has 1 fully saturated rings. The number of hydrogen-bond acceptors (Lipinski definition) is 10. The molecule has 0 spiro atoms. The predicted octanol–water partition coefficient (Wildman–Crippen LogP) is 1.96. The van der Waals surface area contributed by atoms with Crippen molar-refractivity contribution in [2.45, 2.75) is 50.0 Å². The van der Waals surface area contributed by atoms with Gasteiger partial charge in [-0.2, -0.15) is 4.31 Å². The number of nitrogens with zero attached hydrogens (tertiary/aromatic N) is 4. The van der Waals surface area contributed by atoms with Gasteiger partial charge in [-0.1, -0.05) is 11.6 Å².